The van der Waals surface area contributed by atoms with Crippen molar-refractivity contribution in [3.05, 3.63) is 29.3 Å². The van der Waals surface area contributed by atoms with E-state index in [4.69, 9.17) is 0 Å². The van der Waals surface area contributed by atoms with Crippen molar-refractivity contribution in [3.63, 3.8) is 0 Å². The molecule has 0 unspecified atom stereocenters. The maximum Gasteiger partial charge on any atom is 0.128 e. The van der Waals surface area contributed by atoms with Crippen molar-refractivity contribution >= 4 is 11.0 Å². The maximum atomic E-state index is 13.2. The molecule has 0 fully saturated rings. The predicted molar refractivity (Wildman–Crippen MR) is 50.1 cm³/mol. The van der Waals surface area contributed by atoms with Gasteiger partial charge >= 0.3 is 0 Å². The number of benzene rings is 1. The van der Waals surface area contributed by atoms with Gasteiger partial charge in [-0.05, 0) is 25.5 Å². The molecule has 0 N–H and O–H groups in total. The van der Waals surface area contributed by atoms with Crippen LogP contribution >= 0.6 is 0 Å². The maximum absolute atomic E-state index is 13.2. The van der Waals surface area contributed by atoms with E-state index in [9.17, 15) is 4.39 Å². The minimum absolute atomic E-state index is 0.171. The van der Waals surface area contributed by atoms with Crippen molar-refractivity contribution in [2.24, 2.45) is 7.05 Å². The Kier molecular flexibility index (Phi) is 1.62. The molecule has 1 aromatic carbocycles. The van der Waals surface area contributed by atoms with E-state index in [2.05, 4.69) is 4.98 Å². The van der Waals surface area contributed by atoms with E-state index in [1.54, 1.807) is 13.0 Å². The Labute approximate surface area is 76.0 Å². The molecule has 2 rings (SSSR count). The molecule has 1 heterocycles. The van der Waals surface area contributed by atoms with E-state index in [1.807, 2.05) is 18.5 Å². The van der Waals surface area contributed by atoms with E-state index in [-0.39, 0.29) is 5.82 Å². The summed E-state index contributed by atoms with van der Waals surface area (Å²) in [6.07, 6.45) is 0. The molecule has 0 aliphatic rings. The Bertz CT molecular complexity index is 471. The van der Waals surface area contributed by atoms with Crippen LogP contribution in [0.15, 0.2) is 12.1 Å². The number of imidazole rings is 1. The molecular formula is C10H11FN2. The first kappa shape index (κ1) is 8.23. The molecule has 1 aromatic heterocycles. The minimum atomic E-state index is -0.171. The fourth-order valence-corrected chi connectivity index (χ4v) is 1.44. The molecule has 0 aliphatic heterocycles. The van der Waals surface area contributed by atoms with Crippen LogP contribution in [0.25, 0.3) is 11.0 Å². The zero-order valence-electron chi connectivity index (χ0n) is 7.93. The summed E-state index contributed by atoms with van der Waals surface area (Å²) < 4.78 is 15.1. The number of aromatic nitrogens is 2. The summed E-state index contributed by atoms with van der Waals surface area (Å²) in [6.45, 7) is 3.66. The number of hydrogen-bond acceptors (Lipinski definition) is 1. The largest absolute Gasteiger partial charge is 0.331 e. The molecule has 0 atom stereocenters. The van der Waals surface area contributed by atoms with Gasteiger partial charge in [0, 0.05) is 13.1 Å². The highest BCUT2D eigenvalue weighted by atomic mass is 19.1. The first-order valence-electron chi connectivity index (χ1n) is 4.19. The lowest BCUT2D eigenvalue weighted by Gasteiger charge is -1.98. The number of fused-ring (bicyclic) bond motifs is 1. The van der Waals surface area contributed by atoms with Crippen molar-refractivity contribution in [1.82, 2.24) is 9.55 Å². The second-order valence-corrected chi connectivity index (χ2v) is 3.31. The van der Waals surface area contributed by atoms with Crippen LogP contribution in [0.3, 0.4) is 0 Å². The van der Waals surface area contributed by atoms with Crippen LogP contribution in [0.5, 0.6) is 0 Å². The number of nitrogens with zero attached hydrogens (tertiary/aromatic N) is 2. The van der Waals surface area contributed by atoms with E-state index in [1.165, 1.54) is 6.07 Å². The molecule has 0 spiro atoms. The third-order valence-electron chi connectivity index (χ3n) is 2.38. The van der Waals surface area contributed by atoms with Gasteiger partial charge in [0.25, 0.3) is 0 Å². The fourth-order valence-electron chi connectivity index (χ4n) is 1.44. The summed E-state index contributed by atoms with van der Waals surface area (Å²) in [5.74, 6) is 0.732. The van der Waals surface area contributed by atoms with E-state index in [0.29, 0.717) is 5.56 Å². The second kappa shape index (κ2) is 2.55. The van der Waals surface area contributed by atoms with Crippen molar-refractivity contribution in [2.75, 3.05) is 0 Å². The van der Waals surface area contributed by atoms with E-state index < -0.39 is 0 Å². The van der Waals surface area contributed by atoms with E-state index in [0.717, 1.165) is 16.9 Å². The highest BCUT2D eigenvalue weighted by Gasteiger charge is 2.06. The topological polar surface area (TPSA) is 17.8 Å². The third kappa shape index (κ3) is 1.11. The van der Waals surface area contributed by atoms with Crippen molar-refractivity contribution in [3.8, 4) is 0 Å². The molecular weight excluding hydrogens is 167 g/mol. The van der Waals surface area contributed by atoms with Gasteiger partial charge in [-0.1, -0.05) is 0 Å². The predicted octanol–water partition coefficient (Wildman–Crippen LogP) is 2.33. The van der Waals surface area contributed by atoms with Crippen LogP contribution in [0.2, 0.25) is 0 Å². The molecule has 0 bridgehead atoms. The first-order chi connectivity index (χ1) is 6.09. The van der Waals surface area contributed by atoms with Gasteiger partial charge in [0.2, 0.25) is 0 Å². The Hall–Kier alpha value is -1.38. The zero-order chi connectivity index (χ0) is 9.59. The number of aryl methyl sites for hydroxylation is 3. The molecule has 13 heavy (non-hydrogen) atoms. The van der Waals surface area contributed by atoms with Gasteiger partial charge in [-0.15, -0.1) is 0 Å². The van der Waals surface area contributed by atoms with Crippen molar-refractivity contribution < 1.29 is 4.39 Å². The monoisotopic (exact) mass is 178 g/mol. The quantitative estimate of drug-likeness (QED) is 0.605. The highest BCUT2D eigenvalue weighted by molar-refractivity contribution is 5.76. The Morgan fingerprint density at radius 3 is 2.69 bits per heavy atom. The SMILES string of the molecule is Cc1cc2nc(C)n(C)c2cc1F. The van der Waals surface area contributed by atoms with Crippen molar-refractivity contribution in [2.45, 2.75) is 13.8 Å². The zero-order valence-corrected chi connectivity index (χ0v) is 7.93. The van der Waals surface area contributed by atoms with Crippen molar-refractivity contribution in [1.29, 1.82) is 0 Å². The summed E-state index contributed by atoms with van der Waals surface area (Å²) >= 11 is 0. The average Bonchev–Trinajstić information content (AvgIpc) is 2.32. The molecule has 2 nitrogen and oxygen atoms in total. The summed E-state index contributed by atoms with van der Waals surface area (Å²) in [7, 11) is 1.89. The standard InChI is InChI=1S/C10H11FN2/c1-6-4-9-10(5-8(6)11)13(3)7(2)12-9/h4-5H,1-3H3. The lowest BCUT2D eigenvalue weighted by atomic mass is 10.2. The average molecular weight is 178 g/mol. The normalized spacial score (nSPS) is 11.1. The van der Waals surface area contributed by atoms with Gasteiger partial charge in [-0.25, -0.2) is 9.37 Å². The lowest BCUT2D eigenvalue weighted by molar-refractivity contribution is 0.619. The van der Waals surface area contributed by atoms with Gasteiger partial charge in [0.05, 0.1) is 11.0 Å². The third-order valence-corrected chi connectivity index (χ3v) is 2.38. The van der Waals surface area contributed by atoms with Gasteiger partial charge < -0.3 is 4.57 Å². The van der Waals surface area contributed by atoms with Gasteiger partial charge in [0.15, 0.2) is 0 Å². The summed E-state index contributed by atoms with van der Waals surface area (Å²) in [5, 5.41) is 0. The highest BCUT2D eigenvalue weighted by Crippen LogP contribution is 2.18. The van der Waals surface area contributed by atoms with Crippen LogP contribution in [-0.4, -0.2) is 9.55 Å². The van der Waals surface area contributed by atoms with Crippen LogP contribution in [0.4, 0.5) is 4.39 Å². The molecule has 0 amide bonds. The summed E-state index contributed by atoms with van der Waals surface area (Å²) in [6, 6.07) is 3.31. The molecule has 0 saturated carbocycles. The Balaban J connectivity index is 2.89. The van der Waals surface area contributed by atoms with Gasteiger partial charge in [0.1, 0.15) is 11.6 Å². The Morgan fingerprint density at radius 1 is 1.31 bits per heavy atom. The Morgan fingerprint density at radius 2 is 2.00 bits per heavy atom. The van der Waals surface area contributed by atoms with Crippen LogP contribution in [0, 0.1) is 19.7 Å². The van der Waals surface area contributed by atoms with Gasteiger partial charge in [-0.2, -0.15) is 0 Å². The molecule has 0 saturated heterocycles. The molecule has 0 radical (unpaired) electrons. The number of rotatable bonds is 0. The summed E-state index contributed by atoms with van der Waals surface area (Å²) in [5.41, 5.74) is 2.35. The molecule has 3 heteroatoms. The van der Waals surface area contributed by atoms with Crippen LogP contribution < -0.4 is 0 Å². The second-order valence-electron chi connectivity index (χ2n) is 3.31. The number of halogens is 1. The van der Waals surface area contributed by atoms with E-state index >= 15 is 0 Å². The van der Waals surface area contributed by atoms with Gasteiger partial charge in [-0.3, -0.25) is 0 Å². The molecule has 0 aliphatic carbocycles. The minimum Gasteiger partial charge on any atom is -0.331 e. The fraction of sp³-hybridized carbons (Fsp3) is 0.300. The smallest absolute Gasteiger partial charge is 0.128 e. The lowest BCUT2D eigenvalue weighted by Crippen LogP contribution is -1.91. The molecule has 68 valence electrons. The van der Waals surface area contributed by atoms with Crippen LogP contribution in [-0.2, 0) is 7.05 Å². The summed E-state index contributed by atoms with van der Waals surface area (Å²) in [4.78, 5) is 4.31. The molecule has 2 aromatic rings. The number of hydrogen-bond donors (Lipinski definition) is 0. The van der Waals surface area contributed by atoms with Crippen LogP contribution in [0.1, 0.15) is 11.4 Å². The first-order valence-corrected chi connectivity index (χ1v) is 4.19.